The van der Waals surface area contributed by atoms with E-state index < -0.39 is 0 Å². The summed E-state index contributed by atoms with van der Waals surface area (Å²) in [5.41, 5.74) is 2.36. The van der Waals surface area contributed by atoms with Crippen LogP contribution < -0.4 is 0 Å². The minimum atomic E-state index is 0.229. The Hall–Kier alpha value is -1.89. The Bertz CT molecular complexity index is 824. The second-order valence-electron chi connectivity index (χ2n) is 6.29. The molecule has 7 heteroatoms. The van der Waals surface area contributed by atoms with Crippen LogP contribution in [0.2, 0.25) is 5.02 Å². The lowest BCUT2D eigenvalue weighted by Crippen LogP contribution is -2.46. The zero-order valence-electron chi connectivity index (χ0n) is 13.7. The molecular formula is C18H19ClN4OS. The van der Waals surface area contributed by atoms with E-state index in [4.69, 9.17) is 17.0 Å². The maximum Gasteiger partial charge on any atom is 0.149 e. The summed E-state index contributed by atoms with van der Waals surface area (Å²) in [6, 6.07) is 7.52. The lowest BCUT2D eigenvalue weighted by atomic mass is 10.1. The molecule has 1 aromatic heterocycles. The third-order valence-corrected chi connectivity index (χ3v) is 5.73. The molecule has 0 radical (unpaired) electrons. The van der Waals surface area contributed by atoms with E-state index in [1.807, 2.05) is 34.7 Å². The molecule has 1 fully saturated rings. The molecule has 1 aromatic carbocycles. The molecular weight excluding hydrogens is 356 g/mol. The van der Waals surface area contributed by atoms with Crippen LogP contribution in [0.1, 0.15) is 24.3 Å². The molecule has 0 amide bonds. The Kier molecular flexibility index (Phi) is 4.50. The first-order valence-corrected chi connectivity index (χ1v) is 9.64. The van der Waals surface area contributed by atoms with Gasteiger partial charge in [0.2, 0.25) is 0 Å². The smallest absolute Gasteiger partial charge is 0.149 e. The number of thiazole rings is 1. The first-order chi connectivity index (χ1) is 12.1. The summed E-state index contributed by atoms with van der Waals surface area (Å²) < 4.78 is 0. The van der Waals surface area contributed by atoms with Crippen LogP contribution in [0.3, 0.4) is 0 Å². The van der Waals surface area contributed by atoms with Crippen molar-refractivity contribution in [1.29, 1.82) is 5.41 Å². The van der Waals surface area contributed by atoms with Gasteiger partial charge in [0.1, 0.15) is 16.6 Å². The molecule has 0 atom stereocenters. The molecule has 2 aliphatic rings. The Morgan fingerprint density at radius 2 is 1.84 bits per heavy atom. The van der Waals surface area contributed by atoms with Crippen molar-refractivity contribution in [3.05, 3.63) is 45.4 Å². The minimum absolute atomic E-state index is 0.229. The van der Waals surface area contributed by atoms with E-state index in [2.05, 4.69) is 9.99 Å². The van der Waals surface area contributed by atoms with E-state index in [1.165, 1.54) is 17.8 Å². The fourth-order valence-corrected chi connectivity index (χ4v) is 4.31. The van der Waals surface area contributed by atoms with Gasteiger partial charge >= 0.3 is 0 Å². The van der Waals surface area contributed by atoms with Gasteiger partial charge in [-0.05, 0) is 25.0 Å². The summed E-state index contributed by atoms with van der Waals surface area (Å²) in [7, 11) is 0. The zero-order valence-corrected chi connectivity index (χ0v) is 15.3. The predicted octanol–water partition coefficient (Wildman–Crippen LogP) is 4.43. The van der Waals surface area contributed by atoms with Gasteiger partial charge in [-0.25, -0.2) is 9.99 Å². The number of nitrogens with one attached hydrogen (secondary N) is 1. The molecule has 2 N–H and O–H groups in total. The van der Waals surface area contributed by atoms with Gasteiger partial charge in [-0.1, -0.05) is 30.2 Å². The molecule has 0 aliphatic carbocycles. The number of hydrogen-bond acceptors (Lipinski definition) is 5. The monoisotopic (exact) mass is 374 g/mol. The summed E-state index contributed by atoms with van der Waals surface area (Å²) in [6.45, 7) is 2.25. The molecule has 3 heterocycles. The average molecular weight is 375 g/mol. The Morgan fingerprint density at radius 1 is 1.12 bits per heavy atom. The Balaban J connectivity index is 1.58. The number of halogens is 1. The molecule has 2 aromatic rings. The van der Waals surface area contributed by atoms with Crippen LogP contribution in [0.4, 0.5) is 0 Å². The van der Waals surface area contributed by atoms with Gasteiger partial charge in [-0.3, -0.25) is 10.4 Å². The number of amidine groups is 1. The molecule has 0 saturated carbocycles. The van der Waals surface area contributed by atoms with E-state index in [0.717, 1.165) is 37.2 Å². The van der Waals surface area contributed by atoms with Gasteiger partial charge in [0.15, 0.2) is 0 Å². The van der Waals surface area contributed by atoms with E-state index in [9.17, 15) is 5.11 Å². The van der Waals surface area contributed by atoms with Crippen molar-refractivity contribution in [1.82, 2.24) is 15.0 Å². The highest BCUT2D eigenvalue weighted by molar-refractivity contribution is 7.11. The van der Waals surface area contributed by atoms with Crippen molar-refractivity contribution >= 4 is 34.3 Å². The number of piperidine rings is 1. The van der Waals surface area contributed by atoms with Crippen LogP contribution in [-0.2, 0) is 0 Å². The second kappa shape index (κ2) is 6.78. The third kappa shape index (κ3) is 3.17. The summed E-state index contributed by atoms with van der Waals surface area (Å²) in [4.78, 5) is 4.64. The number of aliphatic hydroxyl groups excluding tert-OH is 1. The fraction of sp³-hybridized carbons (Fsp3) is 0.333. The lowest BCUT2D eigenvalue weighted by Gasteiger charge is -2.35. The quantitative estimate of drug-likeness (QED) is 0.834. The normalized spacial score (nSPS) is 19.1. The highest BCUT2D eigenvalue weighted by Crippen LogP contribution is 2.33. The number of nitrogens with zero attached hydrogens (tertiary/aromatic N) is 3. The van der Waals surface area contributed by atoms with E-state index >= 15 is 0 Å². The van der Waals surface area contributed by atoms with Gasteiger partial charge in [0.25, 0.3) is 0 Å². The van der Waals surface area contributed by atoms with Crippen LogP contribution in [0.25, 0.3) is 16.8 Å². The van der Waals surface area contributed by atoms with Crippen LogP contribution in [0.5, 0.6) is 0 Å². The number of aromatic nitrogens is 1. The van der Waals surface area contributed by atoms with Gasteiger partial charge in [-0.15, -0.1) is 11.3 Å². The first kappa shape index (κ1) is 16.6. The molecule has 1 saturated heterocycles. The number of rotatable bonds is 3. The van der Waals surface area contributed by atoms with Crippen molar-refractivity contribution in [2.45, 2.75) is 19.3 Å². The maximum atomic E-state index is 10.4. The van der Waals surface area contributed by atoms with Crippen molar-refractivity contribution in [3.63, 3.8) is 0 Å². The van der Waals surface area contributed by atoms with Crippen LogP contribution >= 0.6 is 22.9 Å². The summed E-state index contributed by atoms with van der Waals surface area (Å²) in [5.74, 6) is 0.573. The number of aliphatic hydroxyl groups is 1. The molecule has 5 nitrogen and oxygen atoms in total. The average Bonchev–Trinajstić information content (AvgIpc) is 3.21. The molecule has 130 valence electrons. The molecule has 25 heavy (non-hydrogen) atoms. The summed E-state index contributed by atoms with van der Waals surface area (Å²) in [6.07, 6.45) is 3.51. The first-order valence-electron chi connectivity index (χ1n) is 8.39. The van der Waals surface area contributed by atoms with Crippen molar-refractivity contribution in [3.8, 4) is 11.3 Å². The van der Waals surface area contributed by atoms with Crippen LogP contribution in [0.15, 0.2) is 35.4 Å². The maximum absolute atomic E-state index is 10.4. The molecule has 2 aliphatic heterocycles. The topological polar surface area (TPSA) is 63.5 Å². The number of hydrazine groups is 1. The molecule has 0 spiro atoms. The van der Waals surface area contributed by atoms with Crippen molar-refractivity contribution < 1.29 is 5.11 Å². The Labute approximate surface area is 155 Å². The van der Waals surface area contributed by atoms with E-state index in [1.54, 1.807) is 0 Å². The minimum Gasteiger partial charge on any atom is -0.509 e. The molecule has 4 rings (SSSR count). The zero-order chi connectivity index (χ0) is 17.4. The Morgan fingerprint density at radius 3 is 2.56 bits per heavy atom. The van der Waals surface area contributed by atoms with Gasteiger partial charge in [0, 0.05) is 29.1 Å². The summed E-state index contributed by atoms with van der Waals surface area (Å²) >= 11 is 7.39. The fourth-order valence-electron chi connectivity index (χ4n) is 3.29. The van der Waals surface area contributed by atoms with Gasteiger partial charge in [-0.2, -0.15) is 0 Å². The van der Waals surface area contributed by atoms with Gasteiger partial charge in [0.05, 0.1) is 17.8 Å². The number of benzene rings is 1. The largest absolute Gasteiger partial charge is 0.509 e. The van der Waals surface area contributed by atoms with Crippen LogP contribution in [0, 0.1) is 5.41 Å². The van der Waals surface area contributed by atoms with E-state index in [0.29, 0.717) is 28.0 Å². The van der Waals surface area contributed by atoms with Crippen molar-refractivity contribution in [2.24, 2.45) is 0 Å². The number of hydrogen-bond donors (Lipinski definition) is 2. The van der Waals surface area contributed by atoms with Crippen LogP contribution in [-0.4, -0.2) is 45.6 Å². The third-order valence-electron chi connectivity index (χ3n) is 4.61. The highest BCUT2D eigenvalue weighted by atomic mass is 35.5. The summed E-state index contributed by atoms with van der Waals surface area (Å²) in [5, 5.41) is 26.4. The molecule has 0 unspecified atom stereocenters. The highest BCUT2D eigenvalue weighted by Gasteiger charge is 2.34. The second-order valence-corrected chi connectivity index (χ2v) is 7.58. The predicted molar refractivity (Wildman–Crippen MR) is 102 cm³/mol. The SMILES string of the molecule is N=C1C(c2nc(-c3ccc(Cl)cc3)cs2)=C(O)CN1N1CCCCC1. The molecule has 0 bridgehead atoms. The van der Waals surface area contributed by atoms with E-state index in [-0.39, 0.29) is 5.76 Å². The van der Waals surface area contributed by atoms with Crippen molar-refractivity contribution in [2.75, 3.05) is 19.6 Å². The standard InChI is InChI=1S/C18H19ClN4OS/c19-13-6-4-12(5-7-13)14-11-25-18(21-14)16-15(24)10-23(17(16)20)22-8-2-1-3-9-22/h4-7,11,20,24H,1-3,8-10H2. The lowest BCUT2D eigenvalue weighted by molar-refractivity contribution is 0.0312. The van der Waals surface area contributed by atoms with Gasteiger partial charge < -0.3 is 5.11 Å².